The van der Waals surface area contributed by atoms with E-state index >= 15 is 0 Å². The average Bonchev–Trinajstić information content (AvgIpc) is 3.19. The predicted molar refractivity (Wildman–Crippen MR) is 208 cm³/mol. The van der Waals surface area contributed by atoms with E-state index in [-0.39, 0.29) is 37.2 Å². The third-order valence-corrected chi connectivity index (χ3v) is 10.3. The Morgan fingerprint density at radius 2 is 1.51 bits per heavy atom. The summed E-state index contributed by atoms with van der Waals surface area (Å²) in [6.07, 6.45) is 2.42. The first-order valence-electron chi connectivity index (χ1n) is 18.6. The summed E-state index contributed by atoms with van der Waals surface area (Å²) in [5.74, 6) is -0.830. The lowest BCUT2D eigenvalue weighted by Gasteiger charge is -2.39. The Morgan fingerprint density at radius 3 is 2.26 bits per heavy atom. The molecule has 0 bridgehead atoms. The summed E-state index contributed by atoms with van der Waals surface area (Å²) in [5.41, 5.74) is 7.23. The minimum atomic E-state index is -0.800. The second-order valence-electron chi connectivity index (χ2n) is 14.1. The maximum absolute atomic E-state index is 12.4. The Hall–Kier alpha value is -4.86. The summed E-state index contributed by atoms with van der Waals surface area (Å²) in [7, 11) is 2.15. The molecule has 6 rings (SSSR count). The van der Waals surface area contributed by atoms with Crippen LogP contribution in [0.15, 0.2) is 115 Å². The van der Waals surface area contributed by atoms with E-state index in [0.717, 1.165) is 46.3 Å². The molecule has 1 saturated heterocycles. The van der Waals surface area contributed by atoms with Gasteiger partial charge in [-0.25, -0.2) is 0 Å². The highest BCUT2D eigenvalue weighted by atomic mass is 16.7. The number of ether oxygens (including phenoxy) is 2. The molecule has 0 aromatic heterocycles. The Kier molecular flexibility index (Phi) is 13.0. The van der Waals surface area contributed by atoms with Crippen LogP contribution in [-0.2, 0) is 32.2 Å². The number of aliphatic carboxylic acids is 1. The van der Waals surface area contributed by atoms with Crippen LogP contribution in [0, 0.1) is 0 Å². The molecule has 5 aromatic carbocycles. The number of unbranched alkanes of at least 4 members (excludes halogenated alkanes) is 2. The fourth-order valence-electron chi connectivity index (χ4n) is 6.96. The molecule has 8 heteroatoms. The Labute approximate surface area is 312 Å². The highest BCUT2D eigenvalue weighted by Gasteiger charge is 2.33. The molecule has 0 spiro atoms. The van der Waals surface area contributed by atoms with Crippen molar-refractivity contribution in [3.8, 4) is 11.1 Å². The van der Waals surface area contributed by atoms with Crippen molar-refractivity contribution in [1.82, 2.24) is 10.2 Å². The number of aliphatic hydroxyl groups excluding tert-OH is 1. The van der Waals surface area contributed by atoms with E-state index in [1.807, 2.05) is 36.4 Å². The van der Waals surface area contributed by atoms with Crippen molar-refractivity contribution in [2.75, 3.05) is 13.6 Å². The highest BCUT2D eigenvalue weighted by molar-refractivity contribution is 5.83. The van der Waals surface area contributed by atoms with Crippen LogP contribution >= 0.6 is 0 Å². The van der Waals surface area contributed by atoms with Gasteiger partial charge in [0.25, 0.3) is 0 Å². The standard InChI is InChI=1S/C45H50N2O6/c1-31(38-24-21-34-10-6-7-11-40(34)26-38)47(2)29-41-27-42(36-17-15-32(30-48)16-18-36)53-45(52-41)37-22-19-35(20-23-37)39-12-8-9-33(25-39)28-46-43(49)13-4-3-5-14-44(50)51/h6-12,15-26,31,41-42,45,48H,3-5,13-14,27-30H2,1-2H3,(H,46,49)(H,50,51)/t31-,41-,42+,45+/m1/s1. The fourth-order valence-corrected chi connectivity index (χ4v) is 6.96. The third kappa shape index (κ3) is 10.4. The van der Waals surface area contributed by atoms with Crippen LogP contribution in [0.5, 0.6) is 0 Å². The second-order valence-corrected chi connectivity index (χ2v) is 14.1. The van der Waals surface area contributed by atoms with E-state index < -0.39 is 12.3 Å². The Balaban J connectivity index is 1.12. The van der Waals surface area contributed by atoms with E-state index in [0.29, 0.717) is 32.2 Å². The lowest BCUT2D eigenvalue weighted by Crippen LogP contribution is -2.38. The number of nitrogens with one attached hydrogen (secondary N) is 1. The zero-order valence-corrected chi connectivity index (χ0v) is 30.6. The van der Waals surface area contributed by atoms with Crippen molar-refractivity contribution < 1.29 is 29.3 Å². The van der Waals surface area contributed by atoms with E-state index in [9.17, 15) is 14.7 Å². The van der Waals surface area contributed by atoms with Crippen LogP contribution in [0.25, 0.3) is 21.9 Å². The largest absolute Gasteiger partial charge is 0.481 e. The van der Waals surface area contributed by atoms with E-state index in [1.54, 1.807) is 0 Å². The van der Waals surface area contributed by atoms with Gasteiger partial charge >= 0.3 is 5.97 Å². The van der Waals surface area contributed by atoms with Gasteiger partial charge in [-0.3, -0.25) is 14.5 Å². The summed E-state index contributed by atoms with van der Waals surface area (Å²) in [5, 5.41) is 23.9. The smallest absolute Gasteiger partial charge is 0.303 e. The van der Waals surface area contributed by atoms with Gasteiger partial charge in [-0.1, -0.05) is 110 Å². The first-order valence-corrected chi connectivity index (χ1v) is 18.6. The van der Waals surface area contributed by atoms with Crippen molar-refractivity contribution in [2.45, 2.75) is 83.1 Å². The van der Waals surface area contributed by atoms with Gasteiger partial charge in [0.2, 0.25) is 5.91 Å². The summed E-state index contributed by atoms with van der Waals surface area (Å²) in [6, 6.07) is 39.7. The SMILES string of the molecule is C[C@H](c1ccc2ccccc2c1)N(C)C[C@H]1C[C@@H](c2ccc(CO)cc2)O[C@@H](c2ccc(-c3cccc(CNC(=O)CCCCCC(=O)O)c3)cc2)O1. The van der Waals surface area contributed by atoms with Crippen molar-refractivity contribution in [2.24, 2.45) is 0 Å². The molecule has 5 aromatic rings. The zero-order chi connectivity index (χ0) is 37.2. The zero-order valence-electron chi connectivity index (χ0n) is 30.6. The number of carboxylic acid groups (broad SMARTS) is 1. The van der Waals surface area contributed by atoms with E-state index in [4.69, 9.17) is 14.6 Å². The predicted octanol–water partition coefficient (Wildman–Crippen LogP) is 8.89. The number of aliphatic hydroxyl groups is 1. The second kappa shape index (κ2) is 18.3. The molecular weight excluding hydrogens is 665 g/mol. The van der Waals surface area contributed by atoms with Crippen molar-refractivity contribution in [3.63, 3.8) is 0 Å². The third-order valence-electron chi connectivity index (χ3n) is 10.3. The number of carbonyl (C=O) groups excluding carboxylic acids is 1. The van der Waals surface area contributed by atoms with Crippen LogP contribution in [0.2, 0.25) is 0 Å². The molecule has 4 atom stereocenters. The number of carbonyl (C=O) groups is 2. The van der Waals surface area contributed by atoms with Gasteiger partial charge in [0, 0.05) is 44.0 Å². The lowest BCUT2D eigenvalue weighted by atomic mass is 9.98. The van der Waals surface area contributed by atoms with Crippen LogP contribution in [-0.4, -0.2) is 46.7 Å². The number of rotatable bonds is 16. The number of hydrogen-bond donors (Lipinski definition) is 3. The highest BCUT2D eigenvalue weighted by Crippen LogP contribution is 2.39. The number of hydrogen-bond acceptors (Lipinski definition) is 6. The Morgan fingerprint density at radius 1 is 0.774 bits per heavy atom. The first kappa shape index (κ1) is 37.9. The molecule has 0 unspecified atom stereocenters. The molecule has 276 valence electrons. The van der Waals surface area contributed by atoms with Gasteiger partial charge < -0.3 is 25.0 Å². The first-order chi connectivity index (χ1) is 25.7. The summed E-state index contributed by atoms with van der Waals surface area (Å²) in [6.45, 7) is 3.39. The van der Waals surface area contributed by atoms with Crippen molar-refractivity contribution >= 4 is 22.6 Å². The molecule has 0 radical (unpaired) electrons. The molecular formula is C45H50N2O6. The molecule has 53 heavy (non-hydrogen) atoms. The topological polar surface area (TPSA) is 108 Å². The van der Waals surface area contributed by atoms with Crippen molar-refractivity contribution in [3.05, 3.63) is 143 Å². The van der Waals surface area contributed by atoms with Gasteiger partial charge in [-0.05, 0) is 83.1 Å². The van der Waals surface area contributed by atoms with E-state index in [2.05, 4.69) is 103 Å². The van der Waals surface area contributed by atoms with Gasteiger partial charge in [0.1, 0.15) is 0 Å². The van der Waals surface area contributed by atoms with E-state index in [1.165, 1.54) is 16.3 Å². The maximum Gasteiger partial charge on any atom is 0.303 e. The van der Waals surface area contributed by atoms with Crippen LogP contribution in [0.1, 0.15) is 91.7 Å². The quantitative estimate of drug-likeness (QED) is 0.0877. The number of benzene rings is 5. The molecule has 1 amide bonds. The summed E-state index contributed by atoms with van der Waals surface area (Å²) in [4.78, 5) is 25.4. The van der Waals surface area contributed by atoms with Crippen LogP contribution < -0.4 is 5.32 Å². The molecule has 1 aliphatic rings. The molecule has 1 fully saturated rings. The summed E-state index contributed by atoms with van der Waals surface area (Å²) >= 11 is 0. The van der Waals surface area contributed by atoms with Gasteiger partial charge in [-0.2, -0.15) is 0 Å². The van der Waals surface area contributed by atoms with Gasteiger partial charge in [0.15, 0.2) is 6.29 Å². The fraction of sp³-hybridized carbons (Fsp3) is 0.333. The van der Waals surface area contributed by atoms with Crippen LogP contribution in [0.4, 0.5) is 0 Å². The number of carboxylic acids is 1. The van der Waals surface area contributed by atoms with Crippen molar-refractivity contribution in [1.29, 1.82) is 0 Å². The average molecular weight is 715 g/mol. The lowest BCUT2D eigenvalue weighted by molar-refractivity contribution is -0.253. The number of amides is 1. The normalized spacial score (nSPS) is 17.8. The number of nitrogens with zero attached hydrogens (tertiary/aromatic N) is 1. The molecule has 1 heterocycles. The maximum atomic E-state index is 12.4. The molecule has 1 aliphatic heterocycles. The van der Waals surface area contributed by atoms with Crippen LogP contribution in [0.3, 0.4) is 0 Å². The molecule has 0 saturated carbocycles. The van der Waals surface area contributed by atoms with Gasteiger partial charge in [0.05, 0.1) is 18.8 Å². The number of fused-ring (bicyclic) bond motifs is 1. The monoisotopic (exact) mass is 714 g/mol. The molecule has 8 nitrogen and oxygen atoms in total. The molecule has 0 aliphatic carbocycles. The summed E-state index contributed by atoms with van der Waals surface area (Å²) < 4.78 is 13.3. The minimum absolute atomic E-state index is 0.000900. The molecule has 3 N–H and O–H groups in total. The number of likely N-dealkylation sites (N-methyl/N-ethyl adjacent to an activating group) is 1. The Bertz CT molecular complexity index is 1960. The van der Waals surface area contributed by atoms with Gasteiger partial charge in [-0.15, -0.1) is 0 Å². The minimum Gasteiger partial charge on any atom is -0.481 e.